The van der Waals surface area contributed by atoms with E-state index in [0.717, 1.165) is 0 Å². The summed E-state index contributed by atoms with van der Waals surface area (Å²) in [6.07, 6.45) is -0.404. The summed E-state index contributed by atoms with van der Waals surface area (Å²) in [6.45, 7) is 1.87. The standard InChI is InChI=1S/C23H23N3O6/c1-2-32-22(30)19-20(14-6-4-3-5-7-14)25-23(31)26-21(19)15-8-10-16(11-9-15)24-17(27)12-13-18(28)29/h3-11,21H,2,12-13H2,1H3,(H,24,27)(H,28,29)(H2,25,26,31). The van der Waals surface area contributed by atoms with E-state index in [1.807, 2.05) is 6.07 Å². The van der Waals surface area contributed by atoms with E-state index >= 15 is 0 Å². The van der Waals surface area contributed by atoms with E-state index < -0.39 is 29.9 Å². The van der Waals surface area contributed by atoms with Gasteiger partial charge in [0.25, 0.3) is 0 Å². The Labute approximate surface area is 184 Å². The number of carbonyl (C=O) groups is 4. The van der Waals surface area contributed by atoms with Gasteiger partial charge in [-0.2, -0.15) is 0 Å². The molecule has 9 heteroatoms. The first-order valence-electron chi connectivity index (χ1n) is 10.0. The Morgan fingerprint density at radius 1 is 1.03 bits per heavy atom. The van der Waals surface area contributed by atoms with Crippen molar-refractivity contribution < 1.29 is 29.0 Å². The first-order valence-corrected chi connectivity index (χ1v) is 10.0. The van der Waals surface area contributed by atoms with Crippen LogP contribution < -0.4 is 16.0 Å². The lowest BCUT2D eigenvalue weighted by molar-refractivity contribution is -0.139. The number of esters is 1. The number of carbonyl (C=O) groups excluding carboxylic acids is 3. The van der Waals surface area contributed by atoms with Crippen LogP contribution >= 0.6 is 0 Å². The van der Waals surface area contributed by atoms with E-state index in [1.165, 1.54) is 0 Å². The van der Waals surface area contributed by atoms with Crippen LogP contribution in [0.25, 0.3) is 5.70 Å². The number of benzene rings is 2. The molecule has 0 bridgehead atoms. The lowest BCUT2D eigenvalue weighted by Gasteiger charge is -2.29. The number of amides is 3. The second-order valence-corrected chi connectivity index (χ2v) is 6.97. The number of urea groups is 1. The van der Waals surface area contributed by atoms with Crippen LogP contribution in [0.3, 0.4) is 0 Å². The Morgan fingerprint density at radius 3 is 2.34 bits per heavy atom. The number of ether oxygens (including phenoxy) is 1. The highest BCUT2D eigenvalue weighted by Crippen LogP contribution is 2.32. The Kier molecular flexibility index (Phi) is 7.22. The zero-order valence-corrected chi connectivity index (χ0v) is 17.4. The molecule has 2 aromatic carbocycles. The van der Waals surface area contributed by atoms with Gasteiger partial charge in [-0.25, -0.2) is 9.59 Å². The second-order valence-electron chi connectivity index (χ2n) is 6.97. The van der Waals surface area contributed by atoms with Gasteiger partial charge < -0.3 is 25.8 Å². The third-order valence-electron chi connectivity index (χ3n) is 4.72. The predicted molar refractivity (Wildman–Crippen MR) is 116 cm³/mol. The number of carboxylic acid groups (broad SMARTS) is 1. The smallest absolute Gasteiger partial charge is 0.338 e. The lowest BCUT2D eigenvalue weighted by Crippen LogP contribution is -2.45. The Bertz CT molecular complexity index is 1050. The molecule has 0 radical (unpaired) electrons. The summed E-state index contributed by atoms with van der Waals surface area (Å²) in [6, 6.07) is 14.4. The van der Waals surface area contributed by atoms with Crippen LogP contribution in [-0.2, 0) is 19.1 Å². The molecule has 0 saturated carbocycles. The fraction of sp³-hybridized carbons (Fsp3) is 0.217. The van der Waals surface area contributed by atoms with Gasteiger partial charge in [0, 0.05) is 12.1 Å². The number of carboxylic acids is 1. The average Bonchev–Trinajstić information content (AvgIpc) is 2.78. The molecule has 1 atom stereocenters. The van der Waals surface area contributed by atoms with Crippen molar-refractivity contribution in [1.82, 2.24) is 10.6 Å². The molecule has 0 aliphatic carbocycles. The first kappa shape index (κ1) is 22.5. The quantitative estimate of drug-likeness (QED) is 0.469. The van der Waals surface area contributed by atoms with Crippen LogP contribution in [0.15, 0.2) is 60.2 Å². The van der Waals surface area contributed by atoms with Crippen LogP contribution in [0.2, 0.25) is 0 Å². The van der Waals surface area contributed by atoms with Crippen LogP contribution in [0, 0.1) is 0 Å². The van der Waals surface area contributed by atoms with Crippen molar-refractivity contribution >= 4 is 35.3 Å². The summed E-state index contributed by atoms with van der Waals surface area (Å²) in [7, 11) is 0. The third-order valence-corrected chi connectivity index (χ3v) is 4.72. The van der Waals surface area contributed by atoms with Crippen molar-refractivity contribution in [2.75, 3.05) is 11.9 Å². The Balaban J connectivity index is 1.92. The van der Waals surface area contributed by atoms with E-state index in [2.05, 4.69) is 16.0 Å². The summed E-state index contributed by atoms with van der Waals surface area (Å²) in [4.78, 5) is 47.7. The summed E-state index contributed by atoms with van der Waals surface area (Å²) >= 11 is 0. The van der Waals surface area contributed by atoms with Crippen LogP contribution in [-0.4, -0.2) is 35.6 Å². The highest BCUT2D eigenvalue weighted by molar-refractivity contribution is 6.04. The van der Waals surface area contributed by atoms with Gasteiger partial charge in [0.05, 0.1) is 30.3 Å². The highest BCUT2D eigenvalue weighted by Gasteiger charge is 2.34. The molecule has 32 heavy (non-hydrogen) atoms. The normalized spacial score (nSPS) is 15.4. The molecule has 3 rings (SSSR count). The van der Waals surface area contributed by atoms with Crippen molar-refractivity contribution in [3.05, 3.63) is 71.3 Å². The van der Waals surface area contributed by atoms with E-state index in [1.54, 1.807) is 55.5 Å². The van der Waals surface area contributed by atoms with E-state index in [4.69, 9.17) is 9.84 Å². The fourth-order valence-corrected chi connectivity index (χ4v) is 3.28. The number of hydrogen-bond acceptors (Lipinski definition) is 5. The van der Waals surface area contributed by atoms with Gasteiger partial charge in [-0.15, -0.1) is 0 Å². The van der Waals surface area contributed by atoms with E-state index in [-0.39, 0.29) is 25.0 Å². The number of rotatable bonds is 8. The average molecular weight is 437 g/mol. The molecule has 1 unspecified atom stereocenters. The highest BCUT2D eigenvalue weighted by atomic mass is 16.5. The molecule has 1 aliphatic rings. The topological polar surface area (TPSA) is 134 Å². The lowest BCUT2D eigenvalue weighted by atomic mass is 9.92. The van der Waals surface area contributed by atoms with Gasteiger partial charge in [-0.05, 0) is 30.2 Å². The predicted octanol–water partition coefficient (Wildman–Crippen LogP) is 2.82. The third kappa shape index (κ3) is 5.51. The maximum absolute atomic E-state index is 12.8. The van der Waals surface area contributed by atoms with Crippen molar-refractivity contribution in [3.63, 3.8) is 0 Å². The minimum atomic E-state index is -1.05. The van der Waals surface area contributed by atoms with Crippen molar-refractivity contribution in [1.29, 1.82) is 0 Å². The summed E-state index contributed by atoms with van der Waals surface area (Å²) in [5, 5.41) is 16.8. The van der Waals surface area contributed by atoms with Crippen LogP contribution in [0.1, 0.15) is 36.9 Å². The molecule has 0 saturated heterocycles. The molecular formula is C23H23N3O6. The first-order chi connectivity index (χ1) is 15.4. The molecule has 4 N–H and O–H groups in total. The molecule has 3 amide bonds. The zero-order chi connectivity index (χ0) is 23.1. The summed E-state index contributed by atoms with van der Waals surface area (Å²) in [5.41, 5.74) is 2.37. The van der Waals surface area contributed by atoms with Crippen LogP contribution in [0.4, 0.5) is 10.5 Å². The molecule has 0 aromatic heterocycles. The number of anilines is 1. The summed E-state index contributed by atoms with van der Waals surface area (Å²) in [5.74, 6) is -2.03. The van der Waals surface area contributed by atoms with E-state index in [9.17, 15) is 19.2 Å². The molecule has 2 aromatic rings. The molecular weight excluding hydrogens is 414 g/mol. The van der Waals surface area contributed by atoms with Gasteiger partial charge >= 0.3 is 18.0 Å². The van der Waals surface area contributed by atoms with Gasteiger partial charge in [0.1, 0.15) is 0 Å². The molecule has 0 spiro atoms. The number of nitrogens with one attached hydrogen (secondary N) is 3. The SMILES string of the molecule is CCOC(=O)C1=C(c2ccccc2)NC(=O)NC1c1ccc(NC(=O)CCC(=O)O)cc1. The van der Waals surface area contributed by atoms with Crippen molar-refractivity contribution in [3.8, 4) is 0 Å². The Morgan fingerprint density at radius 2 is 1.72 bits per heavy atom. The summed E-state index contributed by atoms with van der Waals surface area (Å²) < 4.78 is 5.25. The zero-order valence-electron chi connectivity index (χ0n) is 17.4. The Hall–Kier alpha value is -4.14. The minimum Gasteiger partial charge on any atom is -0.481 e. The maximum atomic E-state index is 12.8. The molecule has 1 heterocycles. The monoisotopic (exact) mass is 437 g/mol. The molecule has 1 aliphatic heterocycles. The van der Waals surface area contributed by atoms with Gasteiger partial charge in [-0.1, -0.05) is 42.5 Å². The number of aliphatic carboxylic acids is 1. The second kappa shape index (κ2) is 10.3. The largest absolute Gasteiger partial charge is 0.481 e. The number of hydrogen-bond donors (Lipinski definition) is 4. The van der Waals surface area contributed by atoms with Crippen LogP contribution in [0.5, 0.6) is 0 Å². The van der Waals surface area contributed by atoms with Crippen molar-refractivity contribution in [2.45, 2.75) is 25.8 Å². The van der Waals surface area contributed by atoms with Gasteiger partial charge in [0.2, 0.25) is 5.91 Å². The minimum absolute atomic E-state index is 0.141. The maximum Gasteiger partial charge on any atom is 0.338 e. The fourth-order valence-electron chi connectivity index (χ4n) is 3.28. The van der Waals surface area contributed by atoms with Crippen molar-refractivity contribution in [2.24, 2.45) is 0 Å². The molecule has 9 nitrogen and oxygen atoms in total. The van der Waals surface area contributed by atoms with Gasteiger partial charge in [-0.3, -0.25) is 9.59 Å². The van der Waals surface area contributed by atoms with E-state index in [0.29, 0.717) is 22.5 Å². The molecule has 0 fully saturated rings. The van der Waals surface area contributed by atoms with Gasteiger partial charge in [0.15, 0.2) is 0 Å². The molecule has 166 valence electrons.